The molecule has 0 aromatic heterocycles. The van der Waals surface area contributed by atoms with Crippen molar-refractivity contribution in [2.75, 3.05) is 31.1 Å². The highest BCUT2D eigenvalue weighted by molar-refractivity contribution is 7.99. The molecular weight excluding hydrogens is 265 g/mol. The van der Waals surface area contributed by atoms with Crippen LogP contribution in [0.5, 0.6) is 0 Å². The van der Waals surface area contributed by atoms with Crippen LogP contribution in [-0.2, 0) is 0 Å². The largest absolute Gasteiger partial charge is 0.386 e. The first-order chi connectivity index (χ1) is 9.18. The van der Waals surface area contributed by atoms with Gasteiger partial charge in [0.15, 0.2) is 5.96 Å². The van der Waals surface area contributed by atoms with Crippen molar-refractivity contribution in [2.24, 2.45) is 10.7 Å². The quantitative estimate of drug-likeness (QED) is 0.647. The molecule has 0 spiro atoms. The van der Waals surface area contributed by atoms with E-state index in [1.807, 2.05) is 16.7 Å². The highest BCUT2D eigenvalue weighted by Crippen LogP contribution is 2.17. The van der Waals surface area contributed by atoms with Crippen LogP contribution in [0, 0.1) is 5.82 Å². The molecule has 1 aliphatic heterocycles. The lowest BCUT2D eigenvalue weighted by Crippen LogP contribution is -2.42. The molecule has 4 nitrogen and oxygen atoms in total. The Morgan fingerprint density at radius 1 is 1.42 bits per heavy atom. The highest BCUT2D eigenvalue weighted by atomic mass is 32.2. The Bertz CT molecular complexity index is 449. The molecule has 0 amide bonds. The van der Waals surface area contributed by atoms with Gasteiger partial charge < -0.3 is 15.7 Å². The number of hydrogen-bond donors (Lipinski definition) is 2. The first-order valence-corrected chi connectivity index (χ1v) is 7.39. The third-order valence-corrected chi connectivity index (χ3v) is 3.97. The fourth-order valence-electron chi connectivity index (χ4n) is 1.92. The second kappa shape index (κ2) is 6.77. The van der Waals surface area contributed by atoms with E-state index >= 15 is 0 Å². The molecule has 6 heteroatoms. The number of nitrogens with zero attached hydrogens (tertiary/aromatic N) is 2. The Labute approximate surface area is 116 Å². The third kappa shape index (κ3) is 3.84. The summed E-state index contributed by atoms with van der Waals surface area (Å²) in [6.07, 6.45) is -0.959. The van der Waals surface area contributed by atoms with E-state index in [1.165, 1.54) is 6.07 Å². The molecule has 2 rings (SSSR count). The number of hydrogen-bond acceptors (Lipinski definition) is 3. The monoisotopic (exact) mass is 283 g/mol. The third-order valence-electron chi connectivity index (χ3n) is 3.03. The SMILES string of the molecule is NC(=NCC(O)c1ccccc1F)N1CCSCC1. The van der Waals surface area contributed by atoms with Crippen molar-refractivity contribution in [3.63, 3.8) is 0 Å². The summed E-state index contributed by atoms with van der Waals surface area (Å²) in [5.74, 6) is 2.08. The molecule has 1 saturated heterocycles. The first kappa shape index (κ1) is 14.1. The minimum Gasteiger partial charge on any atom is -0.386 e. The zero-order valence-electron chi connectivity index (χ0n) is 10.6. The highest BCUT2D eigenvalue weighted by Gasteiger charge is 2.14. The summed E-state index contributed by atoms with van der Waals surface area (Å²) in [6.45, 7) is 1.82. The van der Waals surface area contributed by atoms with Crippen molar-refractivity contribution in [3.8, 4) is 0 Å². The number of rotatable bonds is 3. The lowest BCUT2D eigenvalue weighted by atomic mass is 10.1. The number of aliphatic hydroxyl groups excluding tert-OH is 1. The normalized spacial score (nSPS) is 18.4. The lowest BCUT2D eigenvalue weighted by Gasteiger charge is -2.27. The van der Waals surface area contributed by atoms with Crippen LogP contribution in [0.1, 0.15) is 11.7 Å². The summed E-state index contributed by atoms with van der Waals surface area (Å²) in [6, 6.07) is 6.17. The summed E-state index contributed by atoms with van der Waals surface area (Å²) >= 11 is 1.89. The Hall–Kier alpha value is -1.27. The maximum Gasteiger partial charge on any atom is 0.191 e. The summed E-state index contributed by atoms with van der Waals surface area (Å²) in [4.78, 5) is 6.15. The number of aliphatic hydroxyl groups is 1. The molecular formula is C13H18FN3OS. The van der Waals surface area contributed by atoms with Crippen LogP contribution in [0.2, 0.25) is 0 Å². The van der Waals surface area contributed by atoms with E-state index in [-0.39, 0.29) is 12.1 Å². The molecule has 0 aliphatic carbocycles. The number of guanidine groups is 1. The molecule has 104 valence electrons. The average Bonchev–Trinajstić information content (AvgIpc) is 2.46. The zero-order chi connectivity index (χ0) is 13.7. The minimum atomic E-state index is -0.959. The van der Waals surface area contributed by atoms with Gasteiger partial charge in [-0.3, -0.25) is 4.99 Å². The average molecular weight is 283 g/mol. The summed E-state index contributed by atoms with van der Waals surface area (Å²) in [5, 5.41) is 9.92. The van der Waals surface area contributed by atoms with Crippen LogP contribution in [0.4, 0.5) is 4.39 Å². The van der Waals surface area contributed by atoms with Gasteiger partial charge in [0.25, 0.3) is 0 Å². The molecule has 0 saturated carbocycles. The first-order valence-electron chi connectivity index (χ1n) is 6.23. The minimum absolute atomic E-state index is 0.0798. The van der Waals surface area contributed by atoms with Crippen LogP contribution < -0.4 is 5.73 Å². The van der Waals surface area contributed by atoms with Crippen molar-refractivity contribution in [3.05, 3.63) is 35.6 Å². The molecule has 1 heterocycles. The van der Waals surface area contributed by atoms with Gasteiger partial charge in [-0.1, -0.05) is 18.2 Å². The Kier molecular flexibility index (Phi) is 5.04. The fourth-order valence-corrected chi connectivity index (χ4v) is 2.82. The topological polar surface area (TPSA) is 61.9 Å². The van der Waals surface area contributed by atoms with E-state index in [0.29, 0.717) is 5.96 Å². The van der Waals surface area contributed by atoms with E-state index in [9.17, 15) is 9.50 Å². The maximum absolute atomic E-state index is 13.5. The van der Waals surface area contributed by atoms with E-state index in [4.69, 9.17) is 5.73 Å². The van der Waals surface area contributed by atoms with Crippen LogP contribution in [0.15, 0.2) is 29.3 Å². The molecule has 1 unspecified atom stereocenters. The van der Waals surface area contributed by atoms with Gasteiger partial charge in [0.1, 0.15) is 11.9 Å². The van der Waals surface area contributed by atoms with Gasteiger partial charge in [-0.05, 0) is 6.07 Å². The summed E-state index contributed by atoms with van der Waals surface area (Å²) < 4.78 is 13.5. The molecule has 0 bridgehead atoms. The zero-order valence-corrected chi connectivity index (χ0v) is 11.4. The predicted molar refractivity (Wildman–Crippen MR) is 76.7 cm³/mol. The number of thioether (sulfide) groups is 1. The summed E-state index contributed by atoms with van der Waals surface area (Å²) in [7, 11) is 0. The second-order valence-corrected chi connectivity index (χ2v) is 5.56. The van der Waals surface area contributed by atoms with Crippen LogP contribution in [0.25, 0.3) is 0 Å². The van der Waals surface area contributed by atoms with Crippen molar-refractivity contribution in [1.29, 1.82) is 0 Å². The Morgan fingerprint density at radius 2 is 2.11 bits per heavy atom. The molecule has 1 aromatic rings. The number of nitrogens with two attached hydrogens (primary N) is 1. The second-order valence-electron chi connectivity index (χ2n) is 4.34. The standard InChI is InChI=1S/C13H18FN3OS/c14-11-4-2-1-3-10(11)12(18)9-16-13(15)17-5-7-19-8-6-17/h1-4,12,18H,5-9H2,(H2,15,16). The fraction of sp³-hybridized carbons (Fsp3) is 0.462. The molecule has 0 radical (unpaired) electrons. The smallest absolute Gasteiger partial charge is 0.191 e. The van der Waals surface area contributed by atoms with Gasteiger partial charge in [-0.2, -0.15) is 11.8 Å². The van der Waals surface area contributed by atoms with Crippen molar-refractivity contribution in [1.82, 2.24) is 4.90 Å². The van der Waals surface area contributed by atoms with Gasteiger partial charge in [0.2, 0.25) is 0 Å². The molecule has 1 atom stereocenters. The van der Waals surface area contributed by atoms with Crippen molar-refractivity contribution in [2.45, 2.75) is 6.10 Å². The Morgan fingerprint density at radius 3 is 2.79 bits per heavy atom. The molecule has 1 aromatic carbocycles. The van der Waals surface area contributed by atoms with Crippen LogP contribution in [0.3, 0.4) is 0 Å². The number of halogens is 1. The van der Waals surface area contributed by atoms with E-state index in [1.54, 1.807) is 18.2 Å². The van der Waals surface area contributed by atoms with Gasteiger partial charge in [0.05, 0.1) is 6.54 Å². The summed E-state index contributed by atoms with van der Waals surface area (Å²) in [5.41, 5.74) is 6.13. The molecule has 1 aliphatic rings. The van der Waals surface area contributed by atoms with E-state index in [0.717, 1.165) is 24.6 Å². The van der Waals surface area contributed by atoms with Crippen molar-refractivity contribution >= 4 is 17.7 Å². The van der Waals surface area contributed by atoms with Crippen LogP contribution >= 0.6 is 11.8 Å². The van der Waals surface area contributed by atoms with Gasteiger partial charge in [-0.25, -0.2) is 4.39 Å². The number of benzene rings is 1. The molecule has 3 N–H and O–H groups in total. The van der Waals surface area contributed by atoms with E-state index < -0.39 is 11.9 Å². The molecule has 19 heavy (non-hydrogen) atoms. The lowest BCUT2D eigenvalue weighted by molar-refractivity contribution is 0.182. The van der Waals surface area contributed by atoms with Crippen LogP contribution in [-0.4, -0.2) is 47.1 Å². The Balaban J connectivity index is 1.95. The molecule has 1 fully saturated rings. The van der Waals surface area contributed by atoms with E-state index in [2.05, 4.69) is 4.99 Å². The predicted octanol–water partition coefficient (Wildman–Crippen LogP) is 1.22. The van der Waals surface area contributed by atoms with Gasteiger partial charge >= 0.3 is 0 Å². The van der Waals surface area contributed by atoms with Gasteiger partial charge in [-0.15, -0.1) is 0 Å². The number of aliphatic imine (C=N–C) groups is 1. The maximum atomic E-state index is 13.5. The van der Waals surface area contributed by atoms with Crippen molar-refractivity contribution < 1.29 is 9.50 Å². The van der Waals surface area contributed by atoms with Gasteiger partial charge in [0, 0.05) is 30.2 Å².